The summed E-state index contributed by atoms with van der Waals surface area (Å²) in [5, 5.41) is 10.2. The number of phenolic OH excluding ortho intramolecular Hbond substituents is 1. The number of hydrogen-bond acceptors (Lipinski definition) is 3. The van der Waals surface area contributed by atoms with Gasteiger partial charge in [0, 0.05) is 11.0 Å². The lowest BCUT2D eigenvalue weighted by Crippen LogP contribution is -2.13. The van der Waals surface area contributed by atoms with Crippen LogP contribution in [0.3, 0.4) is 0 Å². The minimum Gasteiger partial charge on any atom is -0.504 e. The second kappa shape index (κ2) is 4.34. The summed E-state index contributed by atoms with van der Waals surface area (Å²) < 4.78 is 5.40. The number of rotatable bonds is 5. The molecular formula is C13H19NO2. The highest BCUT2D eigenvalue weighted by molar-refractivity contribution is 5.51. The average Bonchev–Trinajstić information content (AvgIpc) is 3.03. The molecule has 0 saturated heterocycles. The number of ether oxygens (including phenoxy) is 1. The Kier molecular flexibility index (Phi) is 3.06. The SMILES string of the molecule is CCOc1cccc(C2(CCN)CC2)c1O. The Bertz CT molecular complexity index is 372. The molecule has 0 amide bonds. The van der Waals surface area contributed by atoms with Crippen LogP contribution in [0.2, 0.25) is 0 Å². The van der Waals surface area contributed by atoms with Crippen LogP contribution in [-0.4, -0.2) is 18.3 Å². The van der Waals surface area contributed by atoms with Gasteiger partial charge in [-0.15, -0.1) is 0 Å². The molecule has 1 aliphatic rings. The lowest BCUT2D eigenvalue weighted by Gasteiger charge is -2.18. The summed E-state index contributed by atoms with van der Waals surface area (Å²) in [6.07, 6.45) is 3.18. The van der Waals surface area contributed by atoms with Crippen LogP contribution in [0.4, 0.5) is 0 Å². The molecule has 1 aromatic rings. The van der Waals surface area contributed by atoms with Crippen molar-refractivity contribution in [2.45, 2.75) is 31.6 Å². The van der Waals surface area contributed by atoms with Crippen LogP contribution >= 0.6 is 0 Å². The first-order chi connectivity index (χ1) is 7.73. The molecule has 1 fully saturated rings. The van der Waals surface area contributed by atoms with Crippen molar-refractivity contribution in [2.75, 3.05) is 13.2 Å². The fourth-order valence-electron chi connectivity index (χ4n) is 2.30. The van der Waals surface area contributed by atoms with Crippen LogP contribution in [0.1, 0.15) is 31.7 Å². The van der Waals surface area contributed by atoms with Gasteiger partial charge in [0.1, 0.15) is 0 Å². The fourth-order valence-corrected chi connectivity index (χ4v) is 2.30. The first kappa shape index (κ1) is 11.3. The average molecular weight is 221 g/mol. The van der Waals surface area contributed by atoms with E-state index in [1.165, 1.54) is 0 Å². The summed E-state index contributed by atoms with van der Waals surface area (Å²) in [6, 6.07) is 5.73. The third kappa shape index (κ3) is 1.87. The van der Waals surface area contributed by atoms with E-state index in [-0.39, 0.29) is 5.41 Å². The maximum Gasteiger partial charge on any atom is 0.161 e. The first-order valence-corrected chi connectivity index (χ1v) is 5.89. The minimum atomic E-state index is 0.117. The summed E-state index contributed by atoms with van der Waals surface area (Å²) in [7, 11) is 0. The highest BCUT2D eigenvalue weighted by Gasteiger charge is 2.45. The molecule has 0 aromatic heterocycles. The van der Waals surface area contributed by atoms with Crippen LogP contribution in [-0.2, 0) is 5.41 Å². The molecule has 1 aromatic carbocycles. The Morgan fingerprint density at radius 1 is 1.44 bits per heavy atom. The summed E-state index contributed by atoms with van der Waals surface area (Å²) in [6.45, 7) is 3.15. The maximum absolute atomic E-state index is 10.2. The molecule has 16 heavy (non-hydrogen) atoms. The van der Waals surface area contributed by atoms with Gasteiger partial charge in [0.25, 0.3) is 0 Å². The molecule has 1 saturated carbocycles. The van der Waals surface area contributed by atoms with Gasteiger partial charge in [-0.05, 0) is 38.8 Å². The molecule has 88 valence electrons. The molecule has 3 heteroatoms. The van der Waals surface area contributed by atoms with E-state index in [1.807, 2.05) is 19.1 Å². The van der Waals surface area contributed by atoms with Crippen molar-refractivity contribution in [1.29, 1.82) is 0 Å². The summed E-state index contributed by atoms with van der Waals surface area (Å²) >= 11 is 0. The highest BCUT2D eigenvalue weighted by Crippen LogP contribution is 2.54. The maximum atomic E-state index is 10.2. The van der Waals surface area contributed by atoms with E-state index in [0.29, 0.717) is 24.7 Å². The van der Waals surface area contributed by atoms with E-state index >= 15 is 0 Å². The summed E-state index contributed by atoms with van der Waals surface area (Å²) in [5.74, 6) is 0.888. The molecule has 0 spiro atoms. The monoisotopic (exact) mass is 221 g/mol. The van der Waals surface area contributed by atoms with Gasteiger partial charge < -0.3 is 15.6 Å². The molecule has 3 N–H and O–H groups in total. The zero-order valence-corrected chi connectivity index (χ0v) is 9.70. The number of aromatic hydroxyl groups is 1. The Labute approximate surface area is 96.2 Å². The van der Waals surface area contributed by atoms with Gasteiger partial charge in [-0.3, -0.25) is 0 Å². The number of phenols is 1. The van der Waals surface area contributed by atoms with Crippen molar-refractivity contribution in [3.8, 4) is 11.5 Å². The van der Waals surface area contributed by atoms with Gasteiger partial charge in [-0.25, -0.2) is 0 Å². The molecule has 3 nitrogen and oxygen atoms in total. The van der Waals surface area contributed by atoms with Crippen LogP contribution in [0, 0.1) is 0 Å². The van der Waals surface area contributed by atoms with Gasteiger partial charge in [-0.1, -0.05) is 12.1 Å². The number of para-hydroxylation sites is 1. The first-order valence-electron chi connectivity index (χ1n) is 5.89. The predicted molar refractivity (Wildman–Crippen MR) is 63.9 cm³/mol. The Balaban J connectivity index is 2.31. The minimum absolute atomic E-state index is 0.117. The summed E-state index contributed by atoms with van der Waals surface area (Å²) in [4.78, 5) is 0. The molecule has 0 heterocycles. The van der Waals surface area contributed by atoms with Crippen molar-refractivity contribution >= 4 is 0 Å². The number of benzene rings is 1. The van der Waals surface area contributed by atoms with Crippen LogP contribution in [0.25, 0.3) is 0 Å². The molecular weight excluding hydrogens is 202 g/mol. The van der Waals surface area contributed by atoms with Gasteiger partial charge >= 0.3 is 0 Å². The van der Waals surface area contributed by atoms with E-state index in [4.69, 9.17) is 10.5 Å². The molecule has 0 unspecified atom stereocenters. The van der Waals surface area contributed by atoms with Crippen molar-refractivity contribution < 1.29 is 9.84 Å². The van der Waals surface area contributed by atoms with E-state index in [9.17, 15) is 5.11 Å². The third-order valence-corrected chi connectivity index (χ3v) is 3.35. The topological polar surface area (TPSA) is 55.5 Å². The van der Waals surface area contributed by atoms with E-state index < -0.39 is 0 Å². The fraction of sp³-hybridized carbons (Fsp3) is 0.538. The predicted octanol–water partition coefficient (Wildman–Crippen LogP) is 2.17. The van der Waals surface area contributed by atoms with Crippen LogP contribution in [0.15, 0.2) is 18.2 Å². The lowest BCUT2D eigenvalue weighted by molar-refractivity contribution is 0.315. The molecule has 0 bridgehead atoms. The molecule has 1 aliphatic carbocycles. The summed E-state index contributed by atoms with van der Waals surface area (Å²) in [5.41, 5.74) is 6.75. The third-order valence-electron chi connectivity index (χ3n) is 3.35. The van der Waals surface area contributed by atoms with Crippen molar-refractivity contribution in [3.63, 3.8) is 0 Å². The Morgan fingerprint density at radius 2 is 2.19 bits per heavy atom. The molecule has 0 atom stereocenters. The quantitative estimate of drug-likeness (QED) is 0.801. The standard InChI is InChI=1S/C13H19NO2/c1-2-16-11-5-3-4-10(12(11)15)13(6-7-13)8-9-14/h3-5,15H,2,6-9,14H2,1H3. The van der Waals surface area contributed by atoms with E-state index in [2.05, 4.69) is 0 Å². The number of nitrogens with two attached hydrogens (primary N) is 1. The zero-order valence-electron chi connectivity index (χ0n) is 9.70. The molecule has 2 rings (SSSR count). The van der Waals surface area contributed by atoms with Crippen molar-refractivity contribution in [3.05, 3.63) is 23.8 Å². The van der Waals surface area contributed by atoms with Crippen molar-refractivity contribution in [1.82, 2.24) is 0 Å². The number of hydrogen-bond donors (Lipinski definition) is 2. The Morgan fingerprint density at radius 3 is 2.75 bits per heavy atom. The van der Waals surface area contributed by atoms with Crippen molar-refractivity contribution in [2.24, 2.45) is 5.73 Å². The normalized spacial score (nSPS) is 17.1. The van der Waals surface area contributed by atoms with Gasteiger partial charge in [0.05, 0.1) is 6.61 Å². The molecule has 0 aliphatic heterocycles. The smallest absolute Gasteiger partial charge is 0.161 e. The van der Waals surface area contributed by atoms with E-state index in [1.54, 1.807) is 6.07 Å². The lowest BCUT2D eigenvalue weighted by atomic mass is 9.91. The van der Waals surface area contributed by atoms with Gasteiger partial charge in [0.2, 0.25) is 0 Å². The van der Waals surface area contributed by atoms with Crippen LogP contribution in [0.5, 0.6) is 11.5 Å². The van der Waals surface area contributed by atoms with E-state index in [0.717, 1.165) is 24.8 Å². The largest absolute Gasteiger partial charge is 0.504 e. The van der Waals surface area contributed by atoms with Crippen LogP contribution < -0.4 is 10.5 Å². The highest BCUT2D eigenvalue weighted by atomic mass is 16.5. The second-order valence-electron chi connectivity index (χ2n) is 4.40. The van der Waals surface area contributed by atoms with Gasteiger partial charge in [-0.2, -0.15) is 0 Å². The zero-order chi connectivity index (χ0) is 11.6. The Hall–Kier alpha value is -1.22. The molecule has 0 radical (unpaired) electrons. The second-order valence-corrected chi connectivity index (χ2v) is 4.40. The van der Waals surface area contributed by atoms with Gasteiger partial charge in [0.15, 0.2) is 11.5 Å².